The van der Waals surface area contributed by atoms with Crippen molar-refractivity contribution >= 4 is 11.7 Å². The molecule has 6 heteroatoms. The van der Waals surface area contributed by atoms with Gasteiger partial charge in [-0.3, -0.25) is 14.4 Å². The molecule has 1 fully saturated rings. The van der Waals surface area contributed by atoms with Crippen molar-refractivity contribution in [1.29, 1.82) is 0 Å². The highest BCUT2D eigenvalue weighted by Crippen LogP contribution is 2.23. The van der Waals surface area contributed by atoms with Crippen molar-refractivity contribution in [3.8, 4) is 0 Å². The van der Waals surface area contributed by atoms with Crippen molar-refractivity contribution in [2.45, 2.75) is 25.4 Å². The lowest BCUT2D eigenvalue weighted by Gasteiger charge is -2.33. The van der Waals surface area contributed by atoms with Gasteiger partial charge in [0.05, 0.1) is 12.6 Å². The van der Waals surface area contributed by atoms with E-state index in [0.717, 1.165) is 25.9 Å². The molecule has 134 valence electrons. The summed E-state index contributed by atoms with van der Waals surface area (Å²) in [5, 5.41) is 17.5. The Labute approximate surface area is 148 Å². The maximum atomic E-state index is 12.1. The second kappa shape index (κ2) is 8.27. The summed E-state index contributed by atoms with van der Waals surface area (Å²) in [4.78, 5) is 14.2. The summed E-state index contributed by atoms with van der Waals surface area (Å²) >= 11 is 0. The number of hydrogen-bond acceptors (Lipinski definition) is 4. The van der Waals surface area contributed by atoms with Gasteiger partial charge in [0, 0.05) is 19.3 Å². The zero-order valence-corrected chi connectivity index (χ0v) is 14.6. The highest BCUT2D eigenvalue weighted by Gasteiger charge is 2.26. The van der Waals surface area contributed by atoms with Gasteiger partial charge in [0.15, 0.2) is 5.82 Å². The maximum absolute atomic E-state index is 12.1. The first-order valence-electron chi connectivity index (χ1n) is 8.84. The van der Waals surface area contributed by atoms with E-state index >= 15 is 0 Å². The average molecular weight is 342 g/mol. The van der Waals surface area contributed by atoms with E-state index < -0.39 is 0 Å². The lowest BCUT2D eigenvalue weighted by molar-refractivity contribution is -0.117. The highest BCUT2D eigenvalue weighted by atomic mass is 16.3. The summed E-state index contributed by atoms with van der Waals surface area (Å²) < 4.78 is 1.66. The van der Waals surface area contributed by atoms with Crippen LogP contribution in [0.4, 0.5) is 5.82 Å². The second-order valence-corrected chi connectivity index (χ2v) is 6.79. The number of rotatable bonds is 6. The number of likely N-dealkylation sites (tertiary alicyclic amines) is 1. The fourth-order valence-corrected chi connectivity index (χ4v) is 3.39. The van der Waals surface area contributed by atoms with Crippen LogP contribution in [0.25, 0.3) is 0 Å². The predicted molar refractivity (Wildman–Crippen MR) is 97.2 cm³/mol. The van der Waals surface area contributed by atoms with Crippen molar-refractivity contribution in [2.75, 3.05) is 25.0 Å². The number of anilines is 1. The molecule has 0 radical (unpaired) electrons. The molecule has 0 bridgehead atoms. The molecule has 1 aromatic heterocycles. The van der Waals surface area contributed by atoms with Crippen LogP contribution in [0, 0.1) is 5.92 Å². The topological polar surface area (TPSA) is 70.4 Å². The third-order valence-electron chi connectivity index (χ3n) is 4.81. The van der Waals surface area contributed by atoms with Crippen LogP contribution in [-0.2, 0) is 18.3 Å². The zero-order valence-electron chi connectivity index (χ0n) is 14.6. The van der Waals surface area contributed by atoms with E-state index in [9.17, 15) is 9.90 Å². The Hall–Kier alpha value is -2.18. The minimum Gasteiger partial charge on any atom is -0.392 e. The van der Waals surface area contributed by atoms with E-state index in [1.54, 1.807) is 16.9 Å². The maximum Gasteiger partial charge on any atom is 0.239 e. The lowest BCUT2D eigenvalue weighted by Crippen LogP contribution is -2.42. The molecule has 0 saturated carbocycles. The van der Waals surface area contributed by atoms with Crippen LogP contribution < -0.4 is 5.32 Å². The molecule has 1 aliphatic heterocycles. The van der Waals surface area contributed by atoms with Gasteiger partial charge >= 0.3 is 0 Å². The Kier molecular flexibility index (Phi) is 5.83. The first-order chi connectivity index (χ1) is 12.1. The number of piperidine rings is 1. The minimum absolute atomic E-state index is 0.0398. The quantitative estimate of drug-likeness (QED) is 0.838. The molecular weight excluding hydrogens is 316 g/mol. The van der Waals surface area contributed by atoms with Gasteiger partial charge in [-0.05, 0) is 43.8 Å². The molecule has 25 heavy (non-hydrogen) atoms. The first kappa shape index (κ1) is 17.6. The first-order valence-corrected chi connectivity index (χ1v) is 8.84. The SMILES string of the molecule is Cn1ccc(NC(=O)CN2CCC(C(O)Cc3ccccc3)CC2)n1. The van der Waals surface area contributed by atoms with Crippen molar-refractivity contribution in [3.05, 3.63) is 48.2 Å². The lowest BCUT2D eigenvalue weighted by atomic mass is 9.88. The van der Waals surface area contributed by atoms with Crippen molar-refractivity contribution < 1.29 is 9.90 Å². The number of carbonyl (C=O) groups excluding carboxylic acids is 1. The summed E-state index contributed by atoms with van der Waals surface area (Å²) in [5.74, 6) is 0.845. The number of aryl methyl sites for hydroxylation is 1. The van der Waals surface area contributed by atoms with Gasteiger partial charge in [0.25, 0.3) is 0 Å². The molecule has 1 unspecified atom stereocenters. The molecule has 3 rings (SSSR count). The normalized spacial score (nSPS) is 17.4. The van der Waals surface area contributed by atoms with Gasteiger partial charge in [-0.1, -0.05) is 30.3 Å². The zero-order chi connectivity index (χ0) is 17.6. The largest absolute Gasteiger partial charge is 0.392 e. The molecule has 0 aliphatic carbocycles. The van der Waals surface area contributed by atoms with Gasteiger partial charge in [0.2, 0.25) is 5.91 Å². The number of nitrogens with zero attached hydrogens (tertiary/aromatic N) is 3. The summed E-state index contributed by atoms with van der Waals surface area (Å²) in [5.41, 5.74) is 1.17. The molecule has 1 aliphatic rings. The van der Waals surface area contributed by atoms with E-state index in [-0.39, 0.29) is 12.0 Å². The number of amides is 1. The highest BCUT2D eigenvalue weighted by molar-refractivity contribution is 5.91. The molecule has 1 saturated heterocycles. The van der Waals surface area contributed by atoms with E-state index in [1.807, 2.05) is 25.2 Å². The predicted octanol–water partition coefficient (Wildman–Crippen LogP) is 1.67. The third-order valence-corrected chi connectivity index (χ3v) is 4.81. The van der Waals surface area contributed by atoms with Crippen LogP contribution in [0.15, 0.2) is 42.6 Å². The van der Waals surface area contributed by atoms with Crippen LogP contribution in [0.1, 0.15) is 18.4 Å². The number of aliphatic hydroxyl groups excluding tert-OH is 1. The van der Waals surface area contributed by atoms with E-state index in [1.165, 1.54) is 5.56 Å². The van der Waals surface area contributed by atoms with Crippen LogP contribution in [0.2, 0.25) is 0 Å². The molecule has 0 spiro atoms. The van der Waals surface area contributed by atoms with Gasteiger partial charge in [0.1, 0.15) is 0 Å². The molecule has 1 amide bonds. The molecule has 2 aromatic rings. The monoisotopic (exact) mass is 342 g/mol. The van der Waals surface area contributed by atoms with Gasteiger partial charge in [-0.2, -0.15) is 5.10 Å². The molecule has 2 N–H and O–H groups in total. The van der Waals surface area contributed by atoms with Crippen molar-refractivity contribution in [2.24, 2.45) is 13.0 Å². The number of hydrogen-bond donors (Lipinski definition) is 2. The average Bonchev–Trinajstić information content (AvgIpc) is 3.01. The fraction of sp³-hybridized carbons (Fsp3) is 0.474. The van der Waals surface area contributed by atoms with E-state index in [4.69, 9.17) is 0 Å². The number of carbonyl (C=O) groups is 1. The number of aliphatic hydroxyl groups is 1. The Morgan fingerprint density at radius 3 is 2.64 bits per heavy atom. The summed E-state index contributed by atoms with van der Waals surface area (Å²) in [6.45, 7) is 2.05. The Balaban J connectivity index is 1.41. The fourth-order valence-electron chi connectivity index (χ4n) is 3.39. The summed E-state index contributed by atoms with van der Waals surface area (Å²) in [7, 11) is 1.82. The van der Waals surface area contributed by atoms with Gasteiger partial charge in [-0.15, -0.1) is 0 Å². The van der Waals surface area contributed by atoms with Crippen LogP contribution in [-0.4, -0.2) is 51.4 Å². The standard InChI is InChI=1S/C19H26N4O2/c1-22-10-9-18(21-22)20-19(25)14-23-11-7-16(8-12-23)17(24)13-15-5-3-2-4-6-15/h2-6,9-10,16-17,24H,7-8,11-14H2,1H3,(H,20,21,25). The molecular formula is C19H26N4O2. The number of benzene rings is 1. The number of nitrogens with one attached hydrogen (secondary N) is 1. The smallest absolute Gasteiger partial charge is 0.239 e. The van der Waals surface area contributed by atoms with Crippen LogP contribution in [0.3, 0.4) is 0 Å². The Bertz CT molecular complexity index is 678. The second-order valence-electron chi connectivity index (χ2n) is 6.79. The molecule has 6 nitrogen and oxygen atoms in total. The number of aromatic nitrogens is 2. The minimum atomic E-state index is -0.313. The molecule has 1 atom stereocenters. The van der Waals surface area contributed by atoms with Gasteiger partial charge in [-0.25, -0.2) is 0 Å². The van der Waals surface area contributed by atoms with E-state index in [0.29, 0.717) is 24.7 Å². The van der Waals surface area contributed by atoms with Crippen molar-refractivity contribution in [1.82, 2.24) is 14.7 Å². The summed E-state index contributed by atoms with van der Waals surface area (Å²) in [6.07, 6.45) is 4.03. The van der Waals surface area contributed by atoms with Crippen LogP contribution >= 0.6 is 0 Å². The molecule has 1 aromatic carbocycles. The Morgan fingerprint density at radius 2 is 2.00 bits per heavy atom. The molecule has 2 heterocycles. The van der Waals surface area contributed by atoms with Crippen molar-refractivity contribution in [3.63, 3.8) is 0 Å². The van der Waals surface area contributed by atoms with Crippen LogP contribution in [0.5, 0.6) is 0 Å². The van der Waals surface area contributed by atoms with Gasteiger partial charge < -0.3 is 10.4 Å². The van der Waals surface area contributed by atoms with E-state index in [2.05, 4.69) is 27.4 Å². The summed E-state index contributed by atoms with van der Waals surface area (Å²) in [6, 6.07) is 11.9. The Morgan fingerprint density at radius 1 is 1.28 bits per heavy atom. The third kappa shape index (κ3) is 5.14.